The molecule has 22 heavy (non-hydrogen) atoms. The normalized spacial score (nSPS) is 23.0. The third kappa shape index (κ3) is 1.84. The van der Waals surface area contributed by atoms with Gasteiger partial charge in [0.2, 0.25) is 5.54 Å². The minimum absolute atomic E-state index is 0.107. The summed E-state index contributed by atoms with van der Waals surface area (Å²) in [5.74, 6) is -1.38. The highest BCUT2D eigenvalue weighted by Crippen LogP contribution is 2.34. The maximum Gasteiger partial charge on any atom is 0.346 e. The lowest BCUT2D eigenvalue weighted by molar-refractivity contribution is -0.153. The molecule has 3 amide bonds. The van der Waals surface area contributed by atoms with Crippen LogP contribution in [-0.2, 0) is 20.9 Å². The second kappa shape index (κ2) is 5.14. The zero-order valence-corrected chi connectivity index (χ0v) is 11.9. The summed E-state index contributed by atoms with van der Waals surface area (Å²) in [5.41, 5.74) is -0.924. The molecule has 6 heteroatoms. The average Bonchev–Trinajstić information content (AvgIpc) is 2.78. The molecule has 0 bridgehead atoms. The molecule has 0 radical (unpaired) electrons. The smallest absolute Gasteiger partial charge is 0.346 e. The number of amides is 3. The summed E-state index contributed by atoms with van der Waals surface area (Å²) in [5, 5.41) is 0. The molecular formula is C16H14N2O4. The molecule has 2 aliphatic heterocycles. The number of hydrogen-bond acceptors (Lipinski definition) is 4. The van der Waals surface area contributed by atoms with Crippen LogP contribution in [0.4, 0.5) is 4.79 Å². The third-order valence-corrected chi connectivity index (χ3v) is 3.75. The second-order valence-corrected chi connectivity index (χ2v) is 4.99. The SMILES string of the molecule is COC(=O)C12C=CC=CN1C(=O)N(Cc1ccccc1)C2=O. The van der Waals surface area contributed by atoms with Crippen molar-refractivity contribution in [1.82, 2.24) is 9.80 Å². The van der Waals surface area contributed by atoms with Crippen molar-refractivity contribution in [3.8, 4) is 0 Å². The van der Waals surface area contributed by atoms with Crippen LogP contribution in [-0.4, -0.2) is 40.4 Å². The molecular weight excluding hydrogens is 284 g/mol. The Balaban J connectivity index is 2.00. The first-order chi connectivity index (χ1) is 10.6. The summed E-state index contributed by atoms with van der Waals surface area (Å²) in [6.45, 7) is 0.107. The van der Waals surface area contributed by atoms with Gasteiger partial charge in [0, 0.05) is 6.20 Å². The minimum atomic E-state index is -1.73. The Morgan fingerprint density at radius 3 is 2.59 bits per heavy atom. The van der Waals surface area contributed by atoms with E-state index in [1.54, 1.807) is 12.2 Å². The monoisotopic (exact) mass is 298 g/mol. The molecule has 0 N–H and O–H groups in total. The van der Waals surface area contributed by atoms with Gasteiger partial charge in [-0.2, -0.15) is 0 Å². The number of ether oxygens (including phenoxy) is 1. The first-order valence-electron chi connectivity index (χ1n) is 6.75. The minimum Gasteiger partial charge on any atom is -0.467 e. The van der Waals surface area contributed by atoms with Gasteiger partial charge in [-0.1, -0.05) is 36.4 Å². The number of nitrogens with zero attached hydrogens (tertiary/aromatic N) is 2. The lowest BCUT2D eigenvalue weighted by atomic mass is 9.95. The van der Waals surface area contributed by atoms with Gasteiger partial charge in [0.1, 0.15) is 0 Å². The fraction of sp³-hybridized carbons (Fsp3) is 0.188. The zero-order chi connectivity index (χ0) is 15.7. The predicted octanol–water partition coefficient (Wildman–Crippen LogP) is 1.45. The maximum atomic E-state index is 12.8. The molecule has 2 aliphatic rings. The van der Waals surface area contributed by atoms with Crippen LogP contribution in [0, 0.1) is 0 Å². The highest BCUT2D eigenvalue weighted by molar-refractivity contribution is 6.21. The molecule has 1 aromatic rings. The zero-order valence-electron chi connectivity index (χ0n) is 11.9. The van der Waals surface area contributed by atoms with Crippen molar-refractivity contribution in [2.24, 2.45) is 0 Å². The summed E-state index contributed by atoms with van der Waals surface area (Å²) >= 11 is 0. The standard InChI is InChI=1S/C16H14N2O4/c1-22-14(20)16-9-5-6-10-18(16)15(21)17(13(16)19)11-12-7-3-2-4-8-12/h2-10H,11H2,1H3. The van der Waals surface area contributed by atoms with Crippen molar-refractivity contribution in [2.45, 2.75) is 12.1 Å². The van der Waals surface area contributed by atoms with Crippen LogP contribution in [0.15, 0.2) is 54.8 Å². The first-order valence-corrected chi connectivity index (χ1v) is 6.75. The number of esters is 1. The summed E-state index contributed by atoms with van der Waals surface area (Å²) in [7, 11) is 1.19. The molecule has 0 saturated carbocycles. The van der Waals surface area contributed by atoms with E-state index < -0.39 is 23.4 Å². The number of fused-ring (bicyclic) bond motifs is 1. The van der Waals surface area contributed by atoms with Crippen LogP contribution in [0.1, 0.15) is 5.56 Å². The van der Waals surface area contributed by atoms with Crippen molar-refractivity contribution in [3.63, 3.8) is 0 Å². The van der Waals surface area contributed by atoms with E-state index in [1.807, 2.05) is 30.3 Å². The molecule has 1 aromatic carbocycles. The molecule has 0 spiro atoms. The number of urea groups is 1. The van der Waals surface area contributed by atoms with Crippen LogP contribution in [0.3, 0.4) is 0 Å². The van der Waals surface area contributed by atoms with E-state index >= 15 is 0 Å². The fourth-order valence-corrected chi connectivity index (χ4v) is 2.65. The molecule has 0 aromatic heterocycles. The Kier molecular flexibility index (Phi) is 3.29. The maximum absolute atomic E-state index is 12.8. The molecule has 1 saturated heterocycles. The highest BCUT2D eigenvalue weighted by atomic mass is 16.5. The van der Waals surface area contributed by atoms with Crippen molar-refractivity contribution in [1.29, 1.82) is 0 Å². The topological polar surface area (TPSA) is 66.9 Å². The van der Waals surface area contributed by atoms with Gasteiger partial charge >= 0.3 is 12.0 Å². The van der Waals surface area contributed by atoms with Gasteiger partial charge < -0.3 is 4.74 Å². The second-order valence-electron chi connectivity index (χ2n) is 4.99. The lowest BCUT2D eigenvalue weighted by Crippen LogP contribution is -2.53. The van der Waals surface area contributed by atoms with Crippen LogP contribution in [0.2, 0.25) is 0 Å². The number of hydrogen-bond donors (Lipinski definition) is 0. The van der Waals surface area contributed by atoms with Crippen LogP contribution in [0.25, 0.3) is 0 Å². The molecule has 1 unspecified atom stereocenters. The number of methoxy groups -OCH3 is 1. The van der Waals surface area contributed by atoms with E-state index in [4.69, 9.17) is 4.74 Å². The number of carbonyl (C=O) groups excluding carboxylic acids is 3. The Bertz CT molecular complexity index is 695. The predicted molar refractivity (Wildman–Crippen MR) is 77.3 cm³/mol. The highest BCUT2D eigenvalue weighted by Gasteiger charge is 2.61. The number of carbonyl (C=O) groups is 3. The molecule has 3 rings (SSSR count). The van der Waals surface area contributed by atoms with E-state index in [9.17, 15) is 14.4 Å². The molecule has 112 valence electrons. The first kappa shape index (κ1) is 14.1. The summed E-state index contributed by atoms with van der Waals surface area (Å²) in [6.07, 6.45) is 5.97. The Morgan fingerprint density at radius 1 is 1.18 bits per heavy atom. The summed E-state index contributed by atoms with van der Waals surface area (Å²) < 4.78 is 4.75. The van der Waals surface area contributed by atoms with E-state index in [-0.39, 0.29) is 6.54 Å². The van der Waals surface area contributed by atoms with Crippen molar-refractivity contribution >= 4 is 17.9 Å². The number of imide groups is 1. The Hall–Kier alpha value is -2.89. The van der Waals surface area contributed by atoms with Gasteiger partial charge in [-0.3, -0.25) is 14.6 Å². The molecule has 0 aliphatic carbocycles. The Morgan fingerprint density at radius 2 is 1.91 bits per heavy atom. The van der Waals surface area contributed by atoms with E-state index in [1.165, 1.54) is 19.4 Å². The summed E-state index contributed by atoms with van der Waals surface area (Å²) in [6, 6.07) is 8.58. The van der Waals surface area contributed by atoms with Gasteiger partial charge in [0.15, 0.2) is 0 Å². The van der Waals surface area contributed by atoms with Crippen molar-refractivity contribution < 1.29 is 19.1 Å². The molecule has 1 fully saturated rings. The number of benzene rings is 1. The third-order valence-electron chi connectivity index (χ3n) is 3.75. The van der Waals surface area contributed by atoms with Gasteiger partial charge in [-0.25, -0.2) is 9.59 Å². The van der Waals surface area contributed by atoms with Gasteiger partial charge in [0.05, 0.1) is 13.7 Å². The van der Waals surface area contributed by atoms with Crippen LogP contribution >= 0.6 is 0 Å². The Labute approximate surface area is 127 Å². The van der Waals surface area contributed by atoms with Crippen molar-refractivity contribution in [2.75, 3.05) is 7.11 Å². The lowest BCUT2D eigenvalue weighted by Gasteiger charge is -2.28. The number of rotatable bonds is 3. The van der Waals surface area contributed by atoms with Gasteiger partial charge in [-0.05, 0) is 17.7 Å². The van der Waals surface area contributed by atoms with Gasteiger partial charge in [-0.15, -0.1) is 0 Å². The van der Waals surface area contributed by atoms with E-state index in [2.05, 4.69) is 0 Å². The van der Waals surface area contributed by atoms with Crippen LogP contribution < -0.4 is 0 Å². The summed E-state index contributed by atoms with van der Waals surface area (Å²) in [4.78, 5) is 39.6. The largest absolute Gasteiger partial charge is 0.467 e. The van der Waals surface area contributed by atoms with E-state index in [0.29, 0.717) is 0 Å². The average molecular weight is 298 g/mol. The van der Waals surface area contributed by atoms with E-state index in [0.717, 1.165) is 15.4 Å². The quantitative estimate of drug-likeness (QED) is 0.481. The molecule has 2 heterocycles. The fourth-order valence-electron chi connectivity index (χ4n) is 2.65. The van der Waals surface area contributed by atoms with Crippen molar-refractivity contribution in [3.05, 3.63) is 60.3 Å². The van der Waals surface area contributed by atoms with Crippen LogP contribution in [0.5, 0.6) is 0 Å². The van der Waals surface area contributed by atoms with Gasteiger partial charge in [0.25, 0.3) is 5.91 Å². The molecule has 1 atom stereocenters. The number of allylic oxidation sites excluding steroid dienone is 2. The molecule has 6 nitrogen and oxygen atoms in total.